The van der Waals surface area contributed by atoms with Gasteiger partial charge in [-0.15, -0.1) is 0 Å². The molecule has 0 aliphatic heterocycles. The molecular weight excluding hydrogens is 406 g/mol. The summed E-state index contributed by atoms with van der Waals surface area (Å²) in [4.78, 5) is 25.2. The summed E-state index contributed by atoms with van der Waals surface area (Å²) >= 11 is 0. The van der Waals surface area contributed by atoms with Crippen LogP contribution in [0.25, 0.3) is 22.3 Å². The van der Waals surface area contributed by atoms with Crippen molar-refractivity contribution in [3.05, 3.63) is 36.3 Å². The van der Waals surface area contributed by atoms with Crippen LogP contribution in [0.15, 0.2) is 30.7 Å². The van der Waals surface area contributed by atoms with Gasteiger partial charge < -0.3 is 25.5 Å². The van der Waals surface area contributed by atoms with Crippen molar-refractivity contribution in [2.24, 2.45) is 11.7 Å². The van der Waals surface area contributed by atoms with Gasteiger partial charge in [-0.05, 0) is 62.6 Å². The monoisotopic (exact) mass is 435 g/mol. The molecule has 8 heteroatoms. The maximum atomic E-state index is 13.0. The van der Waals surface area contributed by atoms with Gasteiger partial charge in [-0.2, -0.15) is 0 Å². The number of H-pyrrole nitrogens is 1. The summed E-state index contributed by atoms with van der Waals surface area (Å²) in [5.74, 6) is 1.96. The number of aromatic nitrogens is 3. The Labute approximate surface area is 186 Å². The number of benzene rings is 1. The van der Waals surface area contributed by atoms with Crippen LogP contribution in [0, 0.1) is 5.92 Å². The normalized spacial score (nSPS) is 20.8. The maximum Gasteiger partial charge on any atom is 0.255 e. The summed E-state index contributed by atoms with van der Waals surface area (Å²) in [6.45, 7) is 0.691. The molecule has 3 aromatic rings. The molecule has 0 unspecified atom stereocenters. The number of carbonyl (C=O) groups is 1. The van der Waals surface area contributed by atoms with Crippen molar-refractivity contribution in [3.8, 4) is 22.8 Å². The first-order valence-corrected chi connectivity index (χ1v) is 11.3. The molecule has 4 N–H and O–H groups in total. The molecule has 0 saturated heterocycles. The SMILES string of the molecule is COc1ccc(OCC2CC2)c(-c2ncnc3c(C(=O)NC4CCC(N)CC4)c[nH]c23)c1. The molecule has 0 atom stereocenters. The van der Waals surface area contributed by atoms with Crippen LogP contribution >= 0.6 is 0 Å². The molecule has 0 bridgehead atoms. The number of methoxy groups -OCH3 is 1. The van der Waals surface area contributed by atoms with E-state index in [1.807, 2.05) is 18.2 Å². The lowest BCUT2D eigenvalue weighted by Gasteiger charge is -2.26. The number of aromatic amines is 1. The maximum absolute atomic E-state index is 13.0. The zero-order valence-electron chi connectivity index (χ0n) is 18.3. The number of fused-ring (bicyclic) bond motifs is 1. The van der Waals surface area contributed by atoms with Crippen molar-refractivity contribution in [2.75, 3.05) is 13.7 Å². The largest absolute Gasteiger partial charge is 0.497 e. The predicted octanol–water partition coefficient (Wildman–Crippen LogP) is 3.42. The van der Waals surface area contributed by atoms with E-state index in [-0.39, 0.29) is 18.0 Å². The number of nitrogens with zero attached hydrogens (tertiary/aromatic N) is 2. The summed E-state index contributed by atoms with van der Waals surface area (Å²) in [6.07, 6.45) is 9.30. The average Bonchev–Trinajstić information content (AvgIpc) is 3.54. The van der Waals surface area contributed by atoms with Crippen molar-refractivity contribution >= 4 is 16.9 Å². The minimum Gasteiger partial charge on any atom is -0.497 e. The number of hydrogen-bond donors (Lipinski definition) is 3. The molecule has 0 spiro atoms. The summed E-state index contributed by atoms with van der Waals surface area (Å²) in [5, 5.41) is 3.14. The Bertz CT molecular complexity index is 1120. The van der Waals surface area contributed by atoms with Gasteiger partial charge >= 0.3 is 0 Å². The van der Waals surface area contributed by atoms with Crippen LogP contribution in [0.4, 0.5) is 0 Å². The Hall–Kier alpha value is -3.13. The van der Waals surface area contributed by atoms with Crippen molar-refractivity contribution in [1.82, 2.24) is 20.3 Å². The zero-order valence-corrected chi connectivity index (χ0v) is 18.3. The molecule has 2 saturated carbocycles. The first-order valence-electron chi connectivity index (χ1n) is 11.3. The lowest BCUT2D eigenvalue weighted by Crippen LogP contribution is -2.40. The van der Waals surface area contributed by atoms with E-state index in [0.717, 1.165) is 37.0 Å². The van der Waals surface area contributed by atoms with E-state index < -0.39 is 0 Å². The third-order valence-electron chi connectivity index (χ3n) is 6.43. The molecule has 0 radical (unpaired) electrons. The van der Waals surface area contributed by atoms with Gasteiger partial charge in [0.05, 0.1) is 24.8 Å². The van der Waals surface area contributed by atoms with Crippen molar-refractivity contribution in [2.45, 2.75) is 50.6 Å². The van der Waals surface area contributed by atoms with E-state index in [4.69, 9.17) is 15.2 Å². The molecule has 2 aliphatic carbocycles. The predicted molar refractivity (Wildman–Crippen MR) is 122 cm³/mol. The lowest BCUT2D eigenvalue weighted by atomic mass is 9.91. The second kappa shape index (κ2) is 8.78. The van der Waals surface area contributed by atoms with Crippen LogP contribution in [-0.2, 0) is 0 Å². The van der Waals surface area contributed by atoms with E-state index in [9.17, 15) is 4.79 Å². The minimum absolute atomic E-state index is 0.128. The van der Waals surface area contributed by atoms with Gasteiger partial charge in [0.1, 0.15) is 29.0 Å². The standard InChI is InChI=1S/C24H29N5O3/c1-31-17-8-9-20(32-12-14-2-3-14)18(10-17)21-23-22(28-13-27-21)19(11-26-23)24(30)29-16-6-4-15(25)5-7-16/h8-11,13-16,26H,2-7,12,25H2,1H3,(H,29,30). The number of nitrogens with two attached hydrogens (primary N) is 1. The Morgan fingerprint density at radius 2 is 2.00 bits per heavy atom. The van der Waals surface area contributed by atoms with Crippen LogP contribution in [0.3, 0.4) is 0 Å². The number of hydrogen-bond acceptors (Lipinski definition) is 6. The highest BCUT2D eigenvalue weighted by atomic mass is 16.5. The summed E-state index contributed by atoms with van der Waals surface area (Å²) in [7, 11) is 1.63. The highest BCUT2D eigenvalue weighted by Gasteiger charge is 2.25. The Balaban J connectivity index is 1.46. The third-order valence-corrected chi connectivity index (χ3v) is 6.43. The molecule has 2 fully saturated rings. The number of carbonyl (C=O) groups excluding carboxylic acids is 1. The Kier molecular flexibility index (Phi) is 5.70. The fourth-order valence-electron chi connectivity index (χ4n) is 4.28. The topological polar surface area (TPSA) is 115 Å². The molecule has 32 heavy (non-hydrogen) atoms. The molecule has 1 aromatic carbocycles. The molecular formula is C24H29N5O3. The molecule has 2 aromatic heterocycles. The number of rotatable bonds is 7. The van der Waals surface area contributed by atoms with Crippen LogP contribution < -0.4 is 20.5 Å². The van der Waals surface area contributed by atoms with Crippen LogP contribution in [0.1, 0.15) is 48.9 Å². The molecule has 2 heterocycles. The van der Waals surface area contributed by atoms with Gasteiger partial charge in [0.25, 0.3) is 5.91 Å². The smallest absolute Gasteiger partial charge is 0.255 e. The van der Waals surface area contributed by atoms with Crippen LogP contribution in [-0.4, -0.2) is 46.7 Å². The quantitative estimate of drug-likeness (QED) is 0.524. The average molecular weight is 436 g/mol. The van der Waals surface area contributed by atoms with E-state index in [2.05, 4.69) is 20.3 Å². The first kappa shape index (κ1) is 20.8. The van der Waals surface area contributed by atoms with E-state index >= 15 is 0 Å². The fraction of sp³-hybridized carbons (Fsp3) is 0.458. The van der Waals surface area contributed by atoms with E-state index in [1.54, 1.807) is 13.3 Å². The van der Waals surface area contributed by atoms with Crippen molar-refractivity contribution < 1.29 is 14.3 Å². The Morgan fingerprint density at radius 3 is 2.75 bits per heavy atom. The number of nitrogens with one attached hydrogen (secondary N) is 2. The van der Waals surface area contributed by atoms with Gasteiger partial charge in [0, 0.05) is 23.8 Å². The summed E-state index contributed by atoms with van der Waals surface area (Å²) in [6, 6.07) is 6.10. The van der Waals surface area contributed by atoms with Crippen LogP contribution in [0.2, 0.25) is 0 Å². The highest BCUT2D eigenvalue weighted by Crippen LogP contribution is 2.37. The number of ether oxygens (including phenoxy) is 2. The van der Waals surface area contributed by atoms with Crippen molar-refractivity contribution in [3.63, 3.8) is 0 Å². The van der Waals surface area contributed by atoms with Crippen molar-refractivity contribution in [1.29, 1.82) is 0 Å². The van der Waals surface area contributed by atoms with Crippen LogP contribution in [0.5, 0.6) is 11.5 Å². The summed E-state index contributed by atoms with van der Waals surface area (Å²) < 4.78 is 11.5. The molecule has 8 nitrogen and oxygen atoms in total. The zero-order chi connectivity index (χ0) is 22.1. The first-order chi connectivity index (χ1) is 15.6. The van der Waals surface area contributed by atoms with Gasteiger partial charge in [0.2, 0.25) is 0 Å². The second-order valence-corrected chi connectivity index (χ2v) is 8.85. The minimum atomic E-state index is -0.128. The third kappa shape index (κ3) is 4.27. The fourth-order valence-corrected chi connectivity index (χ4v) is 4.28. The molecule has 168 valence electrons. The second-order valence-electron chi connectivity index (χ2n) is 8.85. The number of amides is 1. The summed E-state index contributed by atoms with van der Waals surface area (Å²) in [5.41, 5.74) is 9.30. The van der Waals surface area contributed by atoms with E-state index in [0.29, 0.717) is 40.6 Å². The van der Waals surface area contributed by atoms with E-state index in [1.165, 1.54) is 19.2 Å². The van der Waals surface area contributed by atoms with Gasteiger partial charge in [-0.3, -0.25) is 4.79 Å². The lowest BCUT2D eigenvalue weighted by molar-refractivity contribution is 0.0927. The van der Waals surface area contributed by atoms with Gasteiger partial charge in [-0.1, -0.05) is 0 Å². The Morgan fingerprint density at radius 1 is 1.19 bits per heavy atom. The molecule has 5 rings (SSSR count). The van der Waals surface area contributed by atoms with Gasteiger partial charge in [-0.25, -0.2) is 9.97 Å². The molecule has 1 amide bonds. The molecule has 2 aliphatic rings. The highest BCUT2D eigenvalue weighted by molar-refractivity contribution is 6.08. The van der Waals surface area contributed by atoms with Gasteiger partial charge in [0.15, 0.2) is 0 Å².